The van der Waals surface area contributed by atoms with Crippen LogP contribution in [0, 0.1) is 0 Å². The number of piperidine rings is 1. The minimum absolute atomic E-state index is 0.649. The number of hydrogen-bond donors (Lipinski definition) is 1. The third-order valence-corrected chi connectivity index (χ3v) is 4.43. The van der Waals surface area contributed by atoms with Crippen molar-refractivity contribution in [2.45, 2.75) is 25.8 Å². The number of ether oxygens (including phenoxy) is 1. The molecule has 0 radical (unpaired) electrons. The monoisotopic (exact) mass is 302 g/mol. The Morgan fingerprint density at radius 2 is 1.77 bits per heavy atom. The van der Waals surface area contributed by atoms with E-state index >= 15 is 0 Å². The van der Waals surface area contributed by atoms with Gasteiger partial charge in [-0.25, -0.2) is 4.99 Å². The first kappa shape index (κ1) is 15.2. The van der Waals surface area contributed by atoms with E-state index in [9.17, 15) is 0 Å². The van der Waals surface area contributed by atoms with Crippen LogP contribution in [0.5, 0.6) is 0 Å². The van der Waals surface area contributed by atoms with Crippen molar-refractivity contribution < 1.29 is 4.74 Å². The van der Waals surface area contributed by atoms with Crippen LogP contribution in [-0.4, -0.2) is 50.3 Å². The summed E-state index contributed by atoms with van der Waals surface area (Å²) in [6.45, 7) is 6.22. The minimum atomic E-state index is 0.649. The number of para-hydroxylation sites is 1. The second-order valence-electron chi connectivity index (χ2n) is 5.95. The zero-order chi connectivity index (χ0) is 15.2. The summed E-state index contributed by atoms with van der Waals surface area (Å²) in [6, 6.07) is 8.49. The average Bonchev–Trinajstić information content (AvgIpc) is 2.61. The van der Waals surface area contributed by atoms with Crippen LogP contribution < -0.4 is 10.6 Å². The standard InChI is InChI=1S/C17H26N4O/c18-17(21-8-4-1-5-9-21)19-14-15-6-2-3-7-16(15)20-10-12-22-13-11-20/h2-3,6-7H,1,4-5,8-14H2,(H2,18,19). The zero-order valence-corrected chi connectivity index (χ0v) is 13.2. The number of anilines is 1. The van der Waals surface area contributed by atoms with Gasteiger partial charge in [0.05, 0.1) is 19.8 Å². The number of aliphatic imine (C=N–C) groups is 1. The molecule has 3 rings (SSSR count). The molecule has 1 aromatic carbocycles. The molecule has 0 saturated carbocycles. The van der Waals surface area contributed by atoms with Crippen LogP contribution in [0.2, 0.25) is 0 Å². The van der Waals surface area contributed by atoms with Gasteiger partial charge in [-0.15, -0.1) is 0 Å². The van der Waals surface area contributed by atoms with E-state index in [0.717, 1.165) is 39.4 Å². The minimum Gasteiger partial charge on any atom is -0.378 e. The van der Waals surface area contributed by atoms with Gasteiger partial charge in [0.15, 0.2) is 5.96 Å². The molecule has 5 nitrogen and oxygen atoms in total. The van der Waals surface area contributed by atoms with Gasteiger partial charge >= 0.3 is 0 Å². The summed E-state index contributed by atoms with van der Waals surface area (Å²) in [7, 11) is 0. The molecule has 120 valence electrons. The first-order valence-electron chi connectivity index (χ1n) is 8.30. The third kappa shape index (κ3) is 3.71. The number of likely N-dealkylation sites (tertiary alicyclic amines) is 1. The summed E-state index contributed by atoms with van der Waals surface area (Å²) in [4.78, 5) is 9.23. The van der Waals surface area contributed by atoms with Gasteiger partial charge < -0.3 is 20.3 Å². The molecular formula is C17H26N4O. The number of nitrogens with two attached hydrogens (primary N) is 1. The molecular weight excluding hydrogens is 276 g/mol. The Hall–Kier alpha value is -1.75. The highest BCUT2D eigenvalue weighted by Crippen LogP contribution is 2.22. The largest absolute Gasteiger partial charge is 0.378 e. The van der Waals surface area contributed by atoms with Gasteiger partial charge in [0.25, 0.3) is 0 Å². The normalized spacial score (nSPS) is 20.3. The lowest BCUT2D eigenvalue weighted by Gasteiger charge is -2.30. The fourth-order valence-corrected chi connectivity index (χ4v) is 3.15. The number of morpholine rings is 1. The number of benzene rings is 1. The molecule has 0 bridgehead atoms. The van der Waals surface area contributed by atoms with Crippen LogP contribution in [0.1, 0.15) is 24.8 Å². The molecule has 0 unspecified atom stereocenters. The number of hydrogen-bond acceptors (Lipinski definition) is 3. The Kier molecular flexibility index (Phi) is 5.16. The second-order valence-corrected chi connectivity index (χ2v) is 5.95. The lowest BCUT2D eigenvalue weighted by atomic mass is 10.1. The highest BCUT2D eigenvalue weighted by molar-refractivity contribution is 5.78. The fourth-order valence-electron chi connectivity index (χ4n) is 3.15. The van der Waals surface area contributed by atoms with Crippen LogP contribution in [0.15, 0.2) is 29.3 Å². The van der Waals surface area contributed by atoms with Crippen LogP contribution in [0.3, 0.4) is 0 Å². The molecule has 0 aliphatic carbocycles. The van der Waals surface area contributed by atoms with Crippen molar-refractivity contribution in [3.63, 3.8) is 0 Å². The van der Waals surface area contributed by atoms with Crippen molar-refractivity contribution >= 4 is 11.6 Å². The van der Waals surface area contributed by atoms with Crippen molar-refractivity contribution in [2.24, 2.45) is 10.7 Å². The van der Waals surface area contributed by atoms with Gasteiger partial charge in [0.1, 0.15) is 0 Å². The van der Waals surface area contributed by atoms with Crippen molar-refractivity contribution in [3.05, 3.63) is 29.8 Å². The topological polar surface area (TPSA) is 54.1 Å². The predicted molar refractivity (Wildman–Crippen MR) is 90.2 cm³/mol. The number of rotatable bonds is 3. The second kappa shape index (κ2) is 7.49. The van der Waals surface area contributed by atoms with E-state index in [1.54, 1.807) is 0 Å². The number of guanidine groups is 1. The van der Waals surface area contributed by atoms with E-state index in [0.29, 0.717) is 12.5 Å². The Balaban J connectivity index is 1.69. The van der Waals surface area contributed by atoms with Crippen LogP contribution in [-0.2, 0) is 11.3 Å². The lowest BCUT2D eigenvalue weighted by Crippen LogP contribution is -2.40. The molecule has 2 saturated heterocycles. The van der Waals surface area contributed by atoms with E-state index in [1.807, 2.05) is 0 Å². The maximum atomic E-state index is 6.17. The molecule has 22 heavy (non-hydrogen) atoms. The van der Waals surface area contributed by atoms with Gasteiger partial charge in [-0.05, 0) is 30.9 Å². The van der Waals surface area contributed by atoms with Crippen LogP contribution >= 0.6 is 0 Å². The van der Waals surface area contributed by atoms with E-state index in [2.05, 4.69) is 39.1 Å². The first-order valence-corrected chi connectivity index (χ1v) is 8.30. The van der Waals surface area contributed by atoms with Crippen molar-refractivity contribution in [2.75, 3.05) is 44.3 Å². The molecule has 5 heteroatoms. The smallest absolute Gasteiger partial charge is 0.191 e. The molecule has 2 aliphatic rings. The summed E-state index contributed by atoms with van der Waals surface area (Å²) < 4.78 is 5.44. The summed E-state index contributed by atoms with van der Waals surface area (Å²) in [5.74, 6) is 0.691. The van der Waals surface area contributed by atoms with E-state index in [4.69, 9.17) is 10.5 Å². The van der Waals surface area contributed by atoms with Crippen molar-refractivity contribution in [1.29, 1.82) is 0 Å². The zero-order valence-electron chi connectivity index (χ0n) is 13.2. The van der Waals surface area contributed by atoms with Crippen LogP contribution in [0.4, 0.5) is 5.69 Å². The van der Waals surface area contributed by atoms with Gasteiger partial charge in [-0.1, -0.05) is 18.2 Å². The molecule has 1 aromatic rings. The highest BCUT2D eigenvalue weighted by atomic mass is 16.5. The van der Waals surface area contributed by atoms with E-state index < -0.39 is 0 Å². The highest BCUT2D eigenvalue weighted by Gasteiger charge is 2.15. The molecule has 0 atom stereocenters. The Morgan fingerprint density at radius 1 is 1.05 bits per heavy atom. The predicted octanol–water partition coefficient (Wildman–Crippen LogP) is 1.82. The molecule has 0 aromatic heterocycles. The average molecular weight is 302 g/mol. The van der Waals surface area contributed by atoms with Gasteiger partial charge in [0, 0.05) is 31.9 Å². The molecule has 0 amide bonds. The molecule has 2 aliphatic heterocycles. The first-order chi connectivity index (χ1) is 10.8. The van der Waals surface area contributed by atoms with Crippen molar-refractivity contribution in [1.82, 2.24) is 4.90 Å². The van der Waals surface area contributed by atoms with Crippen molar-refractivity contribution in [3.8, 4) is 0 Å². The van der Waals surface area contributed by atoms with E-state index in [-0.39, 0.29) is 0 Å². The summed E-state index contributed by atoms with van der Waals surface area (Å²) in [6.07, 6.45) is 3.75. The summed E-state index contributed by atoms with van der Waals surface area (Å²) >= 11 is 0. The van der Waals surface area contributed by atoms with Gasteiger partial charge in [0.2, 0.25) is 0 Å². The summed E-state index contributed by atoms with van der Waals surface area (Å²) in [5.41, 5.74) is 8.67. The number of nitrogens with zero attached hydrogens (tertiary/aromatic N) is 3. The quantitative estimate of drug-likeness (QED) is 0.683. The fraction of sp³-hybridized carbons (Fsp3) is 0.588. The molecule has 2 heterocycles. The Labute approximate surface area is 132 Å². The lowest BCUT2D eigenvalue weighted by molar-refractivity contribution is 0.122. The third-order valence-electron chi connectivity index (χ3n) is 4.43. The maximum Gasteiger partial charge on any atom is 0.191 e. The molecule has 2 fully saturated rings. The molecule has 2 N–H and O–H groups in total. The van der Waals surface area contributed by atoms with E-state index in [1.165, 1.54) is 30.5 Å². The van der Waals surface area contributed by atoms with Gasteiger partial charge in [-0.3, -0.25) is 0 Å². The summed E-state index contributed by atoms with van der Waals surface area (Å²) in [5, 5.41) is 0. The Bertz CT molecular complexity index is 505. The maximum absolute atomic E-state index is 6.17. The molecule has 0 spiro atoms. The van der Waals surface area contributed by atoms with Gasteiger partial charge in [-0.2, -0.15) is 0 Å². The SMILES string of the molecule is NC(=NCc1ccccc1N1CCOCC1)N1CCCCC1. The van der Waals surface area contributed by atoms with Crippen LogP contribution in [0.25, 0.3) is 0 Å². The Morgan fingerprint density at radius 3 is 2.55 bits per heavy atom.